The number of hydrogen-bond acceptors (Lipinski definition) is 4. The van der Waals surface area contributed by atoms with Crippen molar-refractivity contribution < 1.29 is 22.8 Å². The van der Waals surface area contributed by atoms with Gasteiger partial charge in [-0.25, -0.2) is 13.2 Å². The van der Waals surface area contributed by atoms with Gasteiger partial charge in [0.15, 0.2) is 17.5 Å². The standard InChI is InChI=1S/C12H9F3N2O2S2/c1-5(18)16-9-4-21-12(20)17(11(9)19)6-2-7(13)10(15)8(14)3-6/h2-3,9H,4H2,1H3,(H,16,18). The van der Waals surface area contributed by atoms with Gasteiger partial charge < -0.3 is 5.32 Å². The molecule has 21 heavy (non-hydrogen) atoms. The second kappa shape index (κ2) is 6.02. The summed E-state index contributed by atoms with van der Waals surface area (Å²) in [7, 11) is 0. The van der Waals surface area contributed by atoms with E-state index in [1.807, 2.05) is 0 Å². The Hall–Kier alpha value is -1.61. The van der Waals surface area contributed by atoms with Crippen LogP contribution in [0.3, 0.4) is 0 Å². The third kappa shape index (κ3) is 3.18. The molecule has 0 radical (unpaired) electrons. The molecule has 2 rings (SSSR count). The van der Waals surface area contributed by atoms with Crippen LogP contribution in [-0.4, -0.2) is 27.9 Å². The maximum Gasteiger partial charge on any atom is 0.256 e. The summed E-state index contributed by atoms with van der Waals surface area (Å²) >= 11 is 6.06. The maximum atomic E-state index is 13.3. The second-order valence-electron chi connectivity index (χ2n) is 4.23. The number of thioether (sulfide) groups is 1. The Morgan fingerprint density at radius 1 is 1.38 bits per heavy atom. The summed E-state index contributed by atoms with van der Waals surface area (Å²) in [5, 5.41) is 2.42. The van der Waals surface area contributed by atoms with Crippen LogP contribution in [0.15, 0.2) is 12.1 Å². The molecule has 2 amide bonds. The molecule has 0 saturated carbocycles. The average molecular weight is 334 g/mol. The number of carbonyl (C=O) groups is 2. The molecule has 1 saturated heterocycles. The number of benzene rings is 1. The largest absolute Gasteiger partial charge is 0.344 e. The van der Waals surface area contributed by atoms with Crippen molar-refractivity contribution in [2.75, 3.05) is 10.7 Å². The Balaban J connectivity index is 2.38. The molecule has 0 spiro atoms. The molecule has 0 bridgehead atoms. The molecule has 0 aliphatic carbocycles. The molecule has 1 unspecified atom stereocenters. The van der Waals surface area contributed by atoms with Crippen molar-refractivity contribution in [1.82, 2.24) is 5.32 Å². The van der Waals surface area contributed by atoms with E-state index in [-0.39, 0.29) is 15.8 Å². The summed E-state index contributed by atoms with van der Waals surface area (Å²) in [6.45, 7) is 1.24. The van der Waals surface area contributed by atoms with Crippen LogP contribution >= 0.6 is 24.0 Å². The van der Waals surface area contributed by atoms with Crippen LogP contribution < -0.4 is 10.2 Å². The van der Waals surface area contributed by atoms with Gasteiger partial charge >= 0.3 is 0 Å². The van der Waals surface area contributed by atoms with Gasteiger partial charge in [0.1, 0.15) is 10.4 Å². The van der Waals surface area contributed by atoms with Gasteiger partial charge in [0.25, 0.3) is 5.91 Å². The summed E-state index contributed by atoms with van der Waals surface area (Å²) in [6, 6.07) is 0.494. The van der Waals surface area contributed by atoms with Gasteiger partial charge in [-0.1, -0.05) is 24.0 Å². The first-order valence-electron chi connectivity index (χ1n) is 5.73. The van der Waals surface area contributed by atoms with Crippen molar-refractivity contribution in [2.45, 2.75) is 13.0 Å². The van der Waals surface area contributed by atoms with Crippen molar-refractivity contribution in [1.29, 1.82) is 0 Å². The van der Waals surface area contributed by atoms with Crippen molar-refractivity contribution >= 4 is 45.8 Å². The number of halogens is 3. The number of nitrogens with one attached hydrogen (secondary N) is 1. The summed E-state index contributed by atoms with van der Waals surface area (Å²) in [5.41, 5.74) is -0.219. The summed E-state index contributed by atoms with van der Waals surface area (Å²) < 4.78 is 39.6. The number of nitrogens with zero attached hydrogens (tertiary/aromatic N) is 1. The molecule has 1 atom stereocenters. The highest BCUT2D eigenvalue weighted by atomic mass is 32.2. The van der Waals surface area contributed by atoms with Crippen molar-refractivity contribution in [3.05, 3.63) is 29.6 Å². The normalized spacial score (nSPS) is 18.9. The van der Waals surface area contributed by atoms with Gasteiger partial charge in [-0.05, 0) is 0 Å². The first-order chi connectivity index (χ1) is 9.81. The van der Waals surface area contributed by atoms with E-state index in [9.17, 15) is 22.8 Å². The Bertz CT molecular complexity index is 616. The Morgan fingerprint density at radius 3 is 2.48 bits per heavy atom. The molecule has 9 heteroatoms. The van der Waals surface area contributed by atoms with Gasteiger partial charge in [-0.3, -0.25) is 14.5 Å². The average Bonchev–Trinajstić information content (AvgIpc) is 2.39. The smallest absolute Gasteiger partial charge is 0.256 e. The summed E-state index contributed by atoms with van der Waals surface area (Å²) in [5.74, 6) is -5.29. The fourth-order valence-electron chi connectivity index (χ4n) is 1.79. The maximum absolute atomic E-state index is 13.3. The van der Waals surface area contributed by atoms with E-state index < -0.39 is 35.3 Å². The highest BCUT2D eigenvalue weighted by molar-refractivity contribution is 8.23. The van der Waals surface area contributed by atoms with Crippen LogP contribution in [0.1, 0.15) is 6.92 Å². The molecular weight excluding hydrogens is 325 g/mol. The molecule has 0 aromatic heterocycles. The number of amides is 2. The van der Waals surface area contributed by atoms with Crippen molar-refractivity contribution in [3.63, 3.8) is 0 Å². The van der Waals surface area contributed by atoms with Crippen LogP contribution in [-0.2, 0) is 9.59 Å². The van der Waals surface area contributed by atoms with E-state index in [4.69, 9.17) is 12.2 Å². The minimum Gasteiger partial charge on any atom is -0.344 e. The van der Waals surface area contributed by atoms with E-state index in [1.165, 1.54) is 6.92 Å². The van der Waals surface area contributed by atoms with E-state index in [2.05, 4.69) is 5.32 Å². The number of anilines is 1. The zero-order valence-corrected chi connectivity index (χ0v) is 12.3. The van der Waals surface area contributed by atoms with Crippen molar-refractivity contribution in [3.8, 4) is 0 Å². The molecule has 1 heterocycles. The molecule has 1 aliphatic rings. The third-order valence-corrected chi connectivity index (χ3v) is 4.14. The highest BCUT2D eigenvalue weighted by Gasteiger charge is 2.35. The SMILES string of the molecule is CC(=O)NC1CSC(=S)N(c2cc(F)c(F)c(F)c2)C1=O. The lowest BCUT2D eigenvalue weighted by Crippen LogP contribution is -2.54. The first kappa shape index (κ1) is 15.8. The number of hydrogen-bond donors (Lipinski definition) is 1. The minimum atomic E-state index is -1.62. The zero-order valence-electron chi connectivity index (χ0n) is 10.7. The molecule has 1 aliphatic heterocycles. The second-order valence-corrected chi connectivity index (χ2v) is 5.88. The lowest BCUT2D eigenvalue weighted by atomic mass is 10.2. The van der Waals surface area contributed by atoms with Gasteiger partial charge in [-0.2, -0.15) is 0 Å². The van der Waals surface area contributed by atoms with Crippen LogP contribution in [0, 0.1) is 17.5 Å². The van der Waals surface area contributed by atoms with Crippen LogP contribution in [0.25, 0.3) is 0 Å². The molecule has 1 fully saturated rings. The van der Waals surface area contributed by atoms with Gasteiger partial charge in [0, 0.05) is 24.8 Å². The molecule has 4 nitrogen and oxygen atoms in total. The Labute approximate surface area is 127 Å². The van der Waals surface area contributed by atoms with E-state index >= 15 is 0 Å². The fraction of sp³-hybridized carbons (Fsp3) is 0.250. The molecule has 112 valence electrons. The van der Waals surface area contributed by atoms with Crippen molar-refractivity contribution in [2.24, 2.45) is 0 Å². The van der Waals surface area contributed by atoms with Gasteiger partial charge in [0.05, 0.1) is 5.69 Å². The summed E-state index contributed by atoms with van der Waals surface area (Å²) in [6.07, 6.45) is 0. The lowest BCUT2D eigenvalue weighted by molar-refractivity contribution is -0.125. The molecule has 1 aromatic rings. The van der Waals surface area contributed by atoms with E-state index in [1.54, 1.807) is 0 Å². The zero-order chi connectivity index (χ0) is 15.7. The van der Waals surface area contributed by atoms with E-state index in [0.29, 0.717) is 12.1 Å². The summed E-state index contributed by atoms with van der Waals surface area (Å²) in [4.78, 5) is 24.2. The minimum absolute atomic E-state index is 0.0759. The number of carbonyl (C=O) groups excluding carboxylic acids is 2. The lowest BCUT2D eigenvalue weighted by Gasteiger charge is -2.32. The van der Waals surface area contributed by atoms with Crippen LogP contribution in [0.5, 0.6) is 0 Å². The van der Waals surface area contributed by atoms with Gasteiger partial charge in [0.2, 0.25) is 5.91 Å². The first-order valence-corrected chi connectivity index (χ1v) is 7.13. The predicted octanol–water partition coefficient (Wildman–Crippen LogP) is 1.97. The number of rotatable bonds is 2. The van der Waals surface area contributed by atoms with Gasteiger partial charge in [-0.15, -0.1) is 0 Å². The quantitative estimate of drug-likeness (QED) is 0.664. The Morgan fingerprint density at radius 2 is 1.95 bits per heavy atom. The Kier molecular flexibility index (Phi) is 4.52. The van der Waals surface area contributed by atoms with Crippen LogP contribution in [0.4, 0.5) is 18.9 Å². The molecule has 1 N–H and O–H groups in total. The topological polar surface area (TPSA) is 49.4 Å². The highest BCUT2D eigenvalue weighted by Crippen LogP contribution is 2.28. The fourth-order valence-corrected chi connectivity index (χ4v) is 3.05. The molecular formula is C12H9F3N2O2S2. The van der Waals surface area contributed by atoms with Crippen LogP contribution in [0.2, 0.25) is 0 Å². The predicted molar refractivity (Wildman–Crippen MR) is 76.5 cm³/mol. The molecule has 1 aromatic carbocycles. The third-order valence-electron chi connectivity index (χ3n) is 2.68. The van der Waals surface area contributed by atoms with E-state index in [0.717, 1.165) is 16.7 Å². The number of thiocarbonyl (C=S) groups is 1. The monoisotopic (exact) mass is 334 g/mol.